The van der Waals surface area contributed by atoms with Crippen LogP contribution in [0.5, 0.6) is 0 Å². The molecule has 1 amide bonds. The Morgan fingerprint density at radius 2 is 2.12 bits per heavy atom. The van der Waals surface area contributed by atoms with Crippen molar-refractivity contribution in [1.82, 2.24) is 29.4 Å². The lowest BCUT2D eigenvalue weighted by Crippen LogP contribution is -2.47. The van der Waals surface area contributed by atoms with Crippen LogP contribution in [-0.2, 0) is 17.9 Å². The van der Waals surface area contributed by atoms with Crippen LogP contribution in [-0.4, -0.2) is 54.4 Å². The Hall–Kier alpha value is -2.32. The number of hydrogen-bond donors (Lipinski definition) is 0. The average Bonchev–Trinajstić information content (AvgIpc) is 3.26. The highest BCUT2D eigenvalue weighted by atomic mass is 32.1. The molecule has 3 aromatic heterocycles. The summed E-state index contributed by atoms with van der Waals surface area (Å²) in [5, 5.41) is 6.37. The molecule has 7 nitrogen and oxygen atoms in total. The molecule has 0 radical (unpaired) electrons. The molecule has 26 heavy (non-hydrogen) atoms. The first kappa shape index (κ1) is 15.9. The monoisotopic (exact) mass is 368 g/mol. The molecule has 0 spiro atoms. The van der Waals surface area contributed by atoms with E-state index in [1.54, 1.807) is 17.7 Å². The normalized spacial score (nSPS) is 23.7. The molecule has 8 heteroatoms. The van der Waals surface area contributed by atoms with Gasteiger partial charge in [-0.2, -0.15) is 5.10 Å². The van der Waals surface area contributed by atoms with Crippen molar-refractivity contribution in [2.24, 2.45) is 5.92 Å². The molecule has 3 fully saturated rings. The van der Waals surface area contributed by atoms with Crippen molar-refractivity contribution in [3.63, 3.8) is 0 Å². The van der Waals surface area contributed by atoms with Gasteiger partial charge in [-0.1, -0.05) is 6.07 Å². The van der Waals surface area contributed by atoms with Crippen LogP contribution in [0.1, 0.15) is 24.2 Å². The first-order chi connectivity index (χ1) is 12.8. The number of pyridine rings is 1. The van der Waals surface area contributed by atoms with Crippen LogP contribution in [0.4, 0.5) is 0 Å². The summed E-state index contributed by atoms with van der Waals surface area (Å²) in [5.74, 6) is 0.373. The second-order valence-electron chi connectivity index (χ2n) is 7.12. The molecule has 2 bridgehead atoms. The number of hydrogen-bond acceptors (Lipinski definition) is 6. The molecule has 134 valence electrons. The van der Waals surface area contributed by atoms with Gasteiger partial charge in [-0.15, -0.1) is 11.3 Å². The number of carbonyl (C=O) groups excluding carboxylic acids is 1. The summed E-state index contributed by atoms with van der Waals surface area (Å²) in [6.45, 7) is 3.13. The Morgan fingerprint density at radius 1 is 1.15 bits per heavy atom. The minimum absolute atomic E-state index is 0.0855. The van der Waals surface area contributed by atoms with Gasteiger partial charge >= 0.3 is 0 Å². The van der Waals surface area contributed by atoms with Gasteiger partial charge in [-0.05, 0) is 25.0 Å². The standard InChI is InChI=1S/C18H20N6OS/c25-18-13-4-5-15(23(18)7-14-10-26-12-20-14)8-22(6-13)9-16-2-1-3-17-19-11-21-24(16)17/h1-3,10-13,15H,4-9H2/t13-,15+/m0/s1. The van der Waals surface area contributed by atoms with Gasteiger partial charge in [0.05, 0.1) is 29.4 Å². The van der Waals surface area contributed by atoms with Gasteiger partial charge in [0, 0.05) is 31.1 Å². The van der Waals surface area contributed by atoms with E-state index in [2.05, 4.69) is 30.9 Å². The maximum absolute atomic E-state index is 12.9. The zero-order valence-electron chi connectivity index (χ0n) is 14.4. The van der Waals surface area contributed by atoms with Gasteiger partial charge < -0.3 is 4.90 Å². The lowest BCUT2D eigenvalue weighted by Gasteiger charge is -2.35. The van der Waals surface area contributed by atoms with Crippen LogP contribution >= 0.6 is 11.3 Å². The Morgan fingerprint density at radius 3 is 3.00 bits per heavy atom. The number of aromatic nitrogens is 4. The highest BCUT2D eigenvalue weighted by Gasteiger charge is 2.40. The van der Waals surface area contributed by atoms with E-state index >= 15 is 0 Å². The lowest BCUT2D eigenvalue weighted by molar-refractivity contribution is -0.140. The number of thiazole rings is 1. The van der Waals surface area contributed by atoms with Gasteiger partial charge in [-0.3, -0.25) is 9.69 Å². The van der Waals surface area contributed by atoms with Crippen LogP contribution in [0.3, 0.4) is 0 Å². The molecular weight excluding hydrogens is 348 g/mol. The Bertz CT molecular complexity index is 923. The molecule has 6 heterocycles. The summed E-state index contributed by atoms with van der Waals surface area (Å²) in [6.07, 6.45) is 3.65. The van der Waals surface area contributed by atoms with E-state index in [1.165, 1.54) is 0 Å². The van der Waals surface area contributed by atoms with Crippen LogP contribution in [0, 0.1) is 5.92 Å². The highest BCUT2D eigenvalue weighted by Crippen LogP contribution is 2.31. The topological polar surface area (TPSA) is 66.6 Å². The molecule has 0 saturated carbocycles. The molecule has 2 atom stereocenters. The van der Waals surface area contributed by atoms with Crippen LogP contribution in [0.15, 0.2) is 35.4 Å². The van der Waals surface area contributed by atoms with Crippen molar-refractivity contribution in [2.75, 3.05) is 13.1 Å². The number of fused-ring (bicyclic) bond motifs is 5. The molecule has 0 N–H and O–H groups in total. The largest absolute Gasteiger partial charge is 0.332 e. The van der Waals surface area contributed by atoms with E-state index in [0.717, 1.165) is 49.5 Å². The van der Waals surface area contributed by atoms with Gasteiger partial charge in [0.15, 0.2) is 5.65 Å². The Kier molecular flexibility index (Phi) is 3.94. The van der Waals surface area contributed by atoms with Crippen LogP contribution < -0.4 is 0 Å². The van der Waals surface area contributed by atoms with E-state index in [0.29, 0.717) is 6.54 Å². The molecule has 0 unspecified atom stereocenters. The highest BCUT2D eigenvalue weighted by molar-refractivity contribution is 7.07. The van der Waals surface area contributed by atoms with Crippen molar-refractivity contribution < 1.29 is 4.79 Å². The first-order valence-corrected chi connectivity index (χ1v) is 9.90. The fourth-order valence-electron chi connectivity index (χ4n) is 4.21. The smallest absolute Gasteiger partial charge is 0.227 e. The fourth-order valence-corrected chi connectivity index (χ4v) is 4.76. The number of amides is 1. The summed E-state index contributed by atoms with van der Waals surface area (Å²) >= 11 is 1.58. The third-order valence-corrected chi connectivity index (χ3v) is 6.09. The molecule has 0 aromatic carbocycles. The summed E-state index contributed by atoms with van der Waals surface area (Å²) in [6, 6.07) is 6.33. The third kappa shape index (κ3) is 2.79. The zero-order valence-corrected chi connectivity index (χ0v) is 15.2. The van der Waals surface area contributed by atoms with E-state index in [1.807, 2.05) is 27.5 Å². The Labute approximate surface area is 155 Å². The zero-order chi connectivity index (χ0) is 17.5. The molecular formula is C18H20N6OS. The second-order valence-corrected chi connectivity index (χ2v) is 7.83. The van der Waals surface area contributed by atoms with E-state index in [-0.39, 0.29) is 17.9 Å². The summed E-state index contributed by atoms with van der Waals surface area (Å²) in [4.78, 5) is 26.0. The molecule has 3 aliphatic heterocycles. The maximum atomic E-state index is 12.9. The first-order valence-electron chi connectivity index (χ1n) is 8.95. The van der Waals surface area contributed by atoms with E-state index < -0.39 is 0 Å². The molecule has 3 aromatic rings. The van der Waals surface area contributed by atoms with Crippen molar-refractivity contribution >= 4 is 22.9 Å². The van der Waals surface area contributed by atoms with Crippen LogP contribution in [0.25, 0.3) is 5.65 Å². The predicted octanol–water partition coefficient (Wildman–Crippen LogP) is 1.81. The molecule has 6 rings (SSSR count). The summed E-state index contributed by atoms with van der Waals surface area (Å²) in [5.41, 5.74) is 4.80. The number of nitrogens with zero attached hydrogens (tertiary/aromatic N) is 6. The maximum Gasteiger partial charge on any atom is 0.227 e. The quantitative estimate of drug-likeness (QED) is 0.703. The molecule has 3 aliphatic rings. The molecule has 0 aliphatic carbocycles. The fraction of sp³-hybridized carbons (Fsp3) is 0.444. The minimum atomic E-state index is 0.0855. The summed E-state index contributed by atoms with van der Waals surface area (Å²) in [7, 11) is 0. The number of rotatable bonds is 4. The lowest BCUT2D eigenvalue weighted by atomic mass is 9.94. The van der Waals surface area contributed by atoms with Gasteiger partial charge in [0.1, 0.15) is 6.33 Å². The third-order valence-electron chi connectivity index (χ3n) is 5.45. The Balaban J connectivity index is 1.38. The van der Waals surface area contributed by atoms with Gasteiger partial charge in [0.2, 0.25) is 5.91 Å². The minimum Gasteiger partial charge on any atom is -0.332 e. The van der Waals surface area contributed by atoms with Gasteiger partial charge in [0.25, 0.3) is 0 Å². The van der Waals surface area contributed by atoms with Crippen LogP contribution in [0.2, 0.25) is 0 Å². The van der Waals surface area contributed by atoms with Crippen molar-refractivity contribution in [3.8, 4) is 0 Å². The van der Waals surface area contributed by atoms with E-state index in [4.69, 9.17) is 0 Å². The number of carbonyl (C=O) groups is 1. The predicted molar refractivity (Wildman–Crippen MR) is 97.4 cm³/mol. The number of piperidine rings is 1. The molecule has 3 saturated heterocycles. The van der Waals surface area contributed by atoms with Crippen molar-refractivity contribution in [3.05, 3.63) is 46.8 Å². The second kappa shape index (κ2) is 6.44. The van der Waals surface area contributed by atoms with Gasteiger partial charge in [-0.25, -0.2) is 14.5 Å². The average molecular weight is 368 g/mol. The van der Waals surface area contributed by atoms with Crippen molar-refractivity contribution in [1.29, 1.82) is 0 Å². The SMILES string of the molecule is O=C1[C@H]2CC[C@H](CN(Cc3cccc4ncnn34)C2)N1Cc1cscn1. The van der Waals surface area contributed by atoms with E-state index in [9.17, 15) is 4.79 Å². The summed E-state index contributed by atoms with van der Waals surface area (Å²) < 4.78 is 1.89. The van der Waals surface area contributed by atoms with Crippen molar-refractivity contribution in [2.45, 2.75) is 32.0 Å².